The van der Waals surface area contributed by atoms with Crippen molar-refractivity contribution in [3.63, 3.8) is 0 Å². The molecule has 0 saturated carbocycles. The summed E-state index contributed by atoms with van der Waals surface area (Å²) in [5, 5.41) is 9.03. The normalized spacial score (nSPS) is 12.1. The Bertz CT molecular complexity index is 1080. The third-order valence-electron chi connectivity index (χ3n) is 4.55. The number of imidazole rings is 1. The van der Waals surface area contributed by atoms with Crippen LogP contribution in [-0.4, -0.2) is 9.38 Å². The van der Waals surface area contributed by atoms with Crippen molar-refractivity contribution >= 4 is 17.2 Å². The minimum atomic E-state index is 0.123. The molecule has 2 aromatic heterocycles. The molecule has 2 aromatic carbocycles. The molecular formula is C23H22N4. The quantitative estimate of drug-likeness (QED) is 0.377. The Morgan fingerprint density at radius 2 is 1.48 bits per heavy atom. The molecule has 0 N–H and O–H groups in total. The van der Waals surface area contributed by atoms with Gasteiger partial charge in [0.15, 0.2) is 5.82 Å². The Hall–Kier alpha value is -3.27. The summed E-state index contributed by atoms with van der Waals surface area (Å²) in [7, 11) is 0. The summed E-state index contributed by atoms with van der Waals surface area (Å²) in [5.41, 5.74) is 4.94. The van der Waals surface area contributed by atoms with Crippen molar-refractivity contribution in [3.8, 4) is 11.3 Å². The first-order valence-corrected chi connectivity index (χ1v) is 9.07. The maximum absolute atomic E-state index is 4.75. The van der Waals surface area contributed by atoms with Gasteiger partial charge in [-0.05, 0) is 35.2 Å². The molecule has 4 aromatic rings. The van der Waals surface area contributed by atoms with Crippen LogP contribution in [0.5, 0.6) is 0 Å². The lowest BCUT2D eigenvalue weighted by atomic mass is 9.87. The fourth-order valence-electron chi connectivity index (χ4n) is 3.00. The molecule has 0 atom stereocenters. The van der Waals surface area contributed by atoms with Gasteiger partial charge in [-0.15, -0.1) is 10.2 Å². The Labute approximate surface area is 159 Å². The molecule has 0 aliphatic heterocycles. The van der Waals surface area contributed by atoms with Crippen LogP contribution in [-0.2, 0) is 5.41 Å². The standard InChI is InChI=1S/C23H22N4/c1-23(2,3)18-12-14-19(15-13-18)25-26-22-21(17-9-5-4-6-10-17)24-20-11-7-8-16-27(20)22/h4-16H,1-3H3. The highest BCUT2D eigenvalue weighted by molar-refractivity contribution is 5.74. The van der Waals surface area contributed by atoms with E-state index in [2.05, 4.69) is 43.1 Å². The summed E-state index contributed by atoms with van der Waals surface area (Å²) < 4.78 is 1.97. The first kappa shape index (κ1) is 17.2. The van der Waals surface area contributed by atoms with E-state index >= 15 is 0 Å². The van der Waals surface area contributed by atoms with Gasteiger partial charge in [-0.3, -0.25) is 4.40 Å². The molecule has 2 heterocycles. The zero-order chi connectivity index (χ0) is 18.9. The van der Waals surface area contributed by atoms with Crippen molar-refractivity contribution in [2.75, 3.05) is 0 Å². The molecule has 0 aliphatic rings. The Balaban J connectivity index is 1.76. The smallest absolute Gasteiger partial charge is 0.187 e. The van der Waals surface area contributed by atoms with Crippen LogP contribution in [0.1, 0.15) is 26.3 Å². The van der Waals surface area contributed by atoms with Gasteiger partial charge in [0.1, 0.15) is 11.3 Å². The van der Waals surface area contributed by atoms with E-state index in [0.29, 0.717) is 0 Å². The number of pyridine rings is 1. The number of nitrogens with zero attached hydrogens (tertiary/aromatic N) is 4. The van der Waals surface area contributed by atoms with Crippen molar-refractivity contribution in [1.29, 1.82) is 0 Å². The van der Waals surface area contributed by atoms with Gasteiger partial charge in [0, 0.05) is 11.8 Å². The molecule has 4 rings (SSSR count). The highest BCUT2D eigenvalue weighted by Gasteiger charge is 2.14. The van der Waals surface area contributed by atoms with Crippen molar-refractivity contribution in [2.45, 2.75) is 26.2 Å². The predicted octanol–water partition coefficient (Wildman–Crippen LogP) is 6.71. The molecule has 4 heteroatoms. The second-order valence-corrected chi connectivity index (χ2v) is 7.58. The van der Waals surface area contributed by atoms with Crippen LogP contribution in [0, 0.1) is 0 Å². The molecule has 0 fully saturated rings. The predicted molar refractivity (Wildman–Crippen MR) is 110 cm³/mol. The fraction of sp³-hybridized carbons (Fsp3) is 0.174. The van der Waals surface area contributed by atoms with Crippen LogP contribution in [0.15, 0.2) is 89.2 Å². The number of hydrogen-bond donors (Lipinski definition) is 0. The summed E-state index contributed by atoms with van der Waals surface area (Å²) in [6.07, 6.45) is 1.96. The van der Waals surface area contributed by atoms with Crippen LogP contribution < -0.4 is 0 Å². The summed E-state index contributed by atoms with van der Waals surface area (Å²) >= 11 is 0. The number of hydrogen-bond acceptors (Lipinski definition) is 3. The van der Waals surface area contributed by atoms with Gasteiger partial charge < -0.3 is 0 Å². The van der Waals surface area contributed by atoms with Crippen molar-refractivity contribution in [3.05, 3.63) is 84.6 Å². The lowest BCUT2D eigenvalue weighted by Crippen LogP contribution is -2.10. The number of azo groups is 1. The Morgan fingerprint density at radius 3 is 2.19 bits per heavy atom. The average Bonchev–Trinajstić information content (AvgIpc) is 3.05. The highest BCUT2D eigenvalue weighted by atomic mass is 15.2. The van der Waals surface area contributed by atoms with E-state index in [1.807, 2.05) is 71.3 Å². The van der Waals surface area contributed by atoms with Crippen molar-refractivity contribution in [2.24, 2.45) is 10.2 Å². The summed E-state index contributed by atoms with van der Waals surface area (Å²) in [4.78, 5) is 4.75. The molecule has 0 radical (unpaired) electrons. The van der Waals surface area contributed by atoms with E-state index in [1.165, 1.54) is 5.56 Å². The minimum Gasteiger partial charge on any atom is -0.283 e. The first-order valence-electron chi connectivity index (χ1n) is 9.07. The minimum absolute atomic E-state index is 0.123. The van der Waals surface area contributed by atoms with Crippen molar-refractivity contribution in [1.82, 2.24) is 9.38 Å². The van der Waals surface area contributed by atoms with Crippen LogP contribution in [0.2, 0.25) is 0 Å². The van der Waals surface area contributed by atoms with E-state index in [-0.39, 0.29) is 5.41 Å². The third kappa shape index (κ3) is 3.51. The highest BCUT2D eigenvalue weighted by Crippen LogP contribution is 2.32. The van der Waals surface area contributed by atoms with E-state index in [4.69, 9.17) is 4.98 Å². The largest absolute Gasteiger partial charge is 0.283 e. The van der Waals surface area contributed by atoms with E-state index in [1.54, 1.807) is 0 Å². The molecule has 0 aliphatic carbocycles. The first-order chi connectivity index (χ1) is 13.0. The maximum atomic E-state index is 4.75. The van der Waals surface area contributed by atoms with E-state index in [9.17, 15) is 0 Å². The molecule has 27 heavy (non-hydrogen) atoms. The van der Waals surface area contributed by atoms with Crippen LogP contribution >= 0.6 is 0 Å². The van der Waals surface area contributed by atoms with Gasteiger partial charge in [0.25, 0.3) is 0 Å². The Kier molecular flexibility index (Phi) is 4.32. The number of benzene rings is 2. The molecule has 0 saturated heterocycles. The SMILES string of the molecule is CC(C)(C)c1ccc(N=Nc2c(-c3ccccc3)nc3ccccn23)cc1. The molecule has 134 valence electrons. The van der Waals surface area contributed by atoms with Gasteiger partial charge in [0.2, 0.25) is 0 Å². The summed E-state index contributed by atoms with van der Waals surface area (Å²) in [6, 6.07) is 24.3. The molecule has 4 nitrogen and oxygen atoms in total. The second kappa shape index (κ2) is 6.80. The molecule has 0 unspecified atom stereocenters. The van der Waals surface area contributed by atoms with Gasteiger partial charge in [-0.1, -0.05) is 69.3 Å². The third-order valence-corrected chi connectivity index (χ3v) is 4.55. The Morgan fingerprint density at radius 1 is 0.778 bits per heavy atom. The molecule has 0 bridgehead atoms. The van der Waals surface area contributed by atoms with Gasteiger partial charge in [0.05, 0.1) is 5.69 Å². The van der Waals surface area contributed by atoms with Gasteiger partial charge in [-0.2, -0.15) is 0 Å². The summed E-state index contributed by atoms with van der Waals surface area (Å²) in [5.74, 6) is 0.733. The van der Waals surface area contributed by atoms with Gasteiger partial charge >= 0.3 is 0 Å². The van der Waals surface area contributed by atoms with Crippen LogP contribution in [0.25, 0.3) is 16.9 Å². The zero-order valence-corrected chi connectivity index (χ0v) is 15.8. The summed E-state index contributed by atoms with van der Waals surface area (Å²) in [6.45, 7) is 6.61. The molecule has 0 spiro atoms. The topological polar surface area (TPSA) is 42.0 Å². The molecular weight excluding hydrogens is 332 g/mol. The molecule has 0 amide bonds. The fourth-order valence-corrected chi connectivity index (χ4v) is 3.00. The average molecular weight is 354 g/mol. The maximum Gasteiger partial charge on any atom is 0.187 e. The second-order valence-electron chi connectivity index (χ2n) is 7.58. The van der Waals surface area contributed by atoms with Crippen LogP contribution in [0.3, 0.4) is 0 Å². The lowest BCUT2D eigenvalue weighted by molar-refractivity contribution is 0.590. The monoisotopic (exact) mass is 354 g/mol. The van der Waals surface area contributed by atoms with Gasteiger partial charge in [-0.25, -0.2) is 4.98 Å². The lowest BCUT2D eigenvalue weighted by Gasteiger charge is -2.18. The van der Waals surface area contributed by atoms with E-state index in [0.717, 1.165) is 28.4 Å². The zero-order valence-electron chi connectivity index (χ0n) is 15.8. The number of rotatable bonds is 3. The number of fused-ring (bicyclic) bond motifs is 1. The van der Waals surface area contributed by atoms with Crippen molar-refractivity contribution < 1.29 is 0 Å². The van der Waals surface area contributed by atoms with E-state index < -0.39 is 0 Å². The number of aromatic nitrogens is 2. The van der Waals surface area contributed by atoms with Crippen LogP contribution in [0.4, 0.5) is 11.5 Å².